The largest absolute Gasteiger partial charge is 0.306 e. The first-order valence-corrected chi connectivity index (χ1v) is 9.50. The second-order valence-corrected chi connectivity index (χ2v) is 7.67. The average molecular weight is 372 g/mol. The van der Waals surface area contributed by atoms with Gasteiger partial charge in [0.2, 0.25) is 0 Å². The number of halogens is 1. The van der Waals surface area contributed by atoms with Crippen molar-refractivity contribution < 1.29 is 0 Å². The zero-order valence-electron chi connectivity index (χ0n) is 13.9. The molecule has 0 bridgehead atoms. The summed E-state index contributed by atoms with van der Waals surface area (Å²) in [5.74, 6) is 0.662. The Morgan fingerprint density at radius 1 is 1.32 bits per heavy atom. The molecule has 1 aliphatic heterocycles. The van der Waals surface area contributed by atoms with Crippen LogP contribution in [0.5, 0.6) is 0 Å². The number of fused-ring (bicyclic) bond motifs is 1. The molecule has 128 valence electrons. The fourth-order valence-electron chi connectivity index (χ4n) is 3.25. The third-order valence-corrected chi connectivity index (χ3v) is 5.87. The van der Waals surface area contributed by atoms with E-state index in [0.29, 0.717) is 18.8 Å². The number of hydrogen-bond acceptors (Lipinski definition) is 4. The Morgan fingerprint density at radius 3 is 2.96 bits per heavy atom. The summed E-state index contributed by atoms with van der Waals surface area (Å²) in [5, 5.41) is 2.78. The van der Waals surface area contributed by atoms with Crippen molar-refractivity contribution in [2.45, 2.75) is 26.4 Å². The summed E-state index contributed by atoms with van der Waals surface area (Å²) >= 11 is 7.95. The van der Waals surface area contributed by atoms with Crippen molar-refractivity contribution in [3.63, 3.8) is 0 Å². The topological polar surface area (TPSA) is 49.0 Å². The smallest absolute Gasteiger partial charge is 0.254 e. The summed E-state index contributed by atoms with van der Waals surface area (Å²) < 4.78 is 0. The molecule has 4 nitrogen and oxygen atoms in total. The van der Waals surface area contributed by atoms with Gasteiger partial charge in [-0.3, -0.25) is 9.69 Å². The van der Waals surface area contributed by atoms with E-state index in [1.807, 2.05) is 29.6 Å². The zero-order chi connectivity index (χ0) is 17.4. The van der Waals surface area contributed by atoms with E-state index in [9.17, 15) is 4.79 Å². The molecule has 2 aromatic heterocycles. The summed E-state index contributed by atoms with van der Waals surface area (Å²) in [5.41, 5.74) is 4.02. The van der Waals surface area contributed by atoms with Crippen LogP contribution < -0.4 is 5.56 Å². The molecule has 0 fully saturated rings. The van der Waals surface area contributed by atoms with Crippen LogP contribution >= 0.6 is 22.9 Å². The van der Waals surface area contributed by atoms with E-state index in [-0.39, 0.29) is 5.56 Å². The first-order chi connectivity index (χ1) is 12.1. The summed E-state index contributed by atoms with van der Waals surface area (Å²) in [4.78, 5) is 23.4. The van der Waals surface area contributed by atoms with E-state index < -0.39 is 0 Å². The predicted molar refractivity (Wildman–Crippen MR) is 102 cm³/mol. The highest BCUT2D eigenvalue weighted by atomic mass is 35.5. The maximum absolute atomic E-state index is 12.4. The first kappa shape index (κ1) is 16.5. The number of rotatable bonds is 3. The normalized spacial score (nSPS) is 14.5. The van der Waals surface area contributed by atoms with E-state index in [1.54, 1.807) is 11.3 Å². The fraction of sp³-hybridized carbons (Fsp3) is 0.263. The van der Waals surface area contributed by atoms with E-state index in [0.717, 1.165) is 39.8 Å². The molecule has 1 aliphatic rings. The van der Waals surface area contributed by atoms with Crippen LogP contribution in [0.4, 0.5) is 0 Å². The van der Waals surface area contributed by atoms with E-state index in [2.05, 4.69) is 22.9 Å². The van der Waals surface area contributed by atoms with Gasteiger partial charge in [-0.15, -0.1) is 11.3 Å². The first-order valence-electron chi connectivity index (χ1n) is 8.24. The number of aromatic amines is 1. The van der Waals surface area contributed by atoms with Gasteiger partial charge in [-0.1, -0.05) is 29.8 Å². The molecule has 6 heteroatoms. The van der Waals surface area contributed by atoms with Crippen LogP contribution in [0.25, 0.3) is 10.7 Å². The number of aromatic nitrogens is 2. The Bertz CT molecular complexity index is 945. The summed E-state index contributed by atoms with van der Waals surface area (Å²) in [6.07, 6.45) is 0.714. The number of hydrogen-bond donors (Lipinski definition) is 1. The molecule has 0 radical (unpaired) electrons. The highest BCUT2D eigenvalue weighted by Crippen LogP contribution is 2.25. The summed E-state index contributed by atoms with van der Waals surface area (Å²) in [6.45, 7) is 4.35. The van der Waals surface area contributed by atoms with Crippen LogP contribution in [-0.2, 0) is 19.5 Å². The Kier molecular flexibility index (Phi) is 4.46. The second-order valence-electron chi connectivity index (χ2n) is 6.31. The molecule has 0 unspecified atom stereocenters. The Morgan fingerprint density at radius 2 is 2.20 bits per heavy atom. The third-order valence-electron chi connectivity index (χ3n) is 4.64. The van der Waals surface area contributed by atoms with Crippen molar-refractivity contribution in [3.05, 3.63) is 73.5 Å². The number of aryl methyl sites for hydroxylation is 1. The van der Waals surface area contributed by atoms with Crippen molar-refractivity contribution in [2.24, 2.45) is 0 Å². The quantitative estimate of drug-likeness (QED) is 0.756. The maximum Gasteiger partial charge on any atom is 0.254 e. The predicted octanol–water partition coefficient (Wildman–Crippen LogP) is 4.02. The third kappa shape index (κ3) is 3.27. The van der Waals surface area contributed by atoms with E-state index in [1.165, 1.54) is 5.56 Å². The number of benzene rings is 1. The average Bonchev–Trinajstić information content (AvgIpc) is 3.12. The molecular weight excluding hydrogens is 354 g/mol. The van der Waals surface area contributed by atoms with Gasteiger partial charge in [-0.2, -0.15) is 0 Å². The SMILES string of the molecule is Cc1cccc(Cl)c1CN1CCc2c(nc(-c3cccs3)[nH]c2=O)C1. The fourth-order valence-corrected chi connectivity index (χ4v) is 4.20. The summed E-state index contributed by atoms with van der Waals surface area (Å²) in [7, 11) is 0. The monoisotopic (exact) mass is 371 g/mol. The molecular formula is C19H18ClN3OS. The van der Waals surface area contributed by atoms with Crippen molar-refractivity contribution in [2.75, 3.05) is 6.54 Å². The molecule has 0 spiro atoms. The number of thiophene rings is 1. The van der Waals surface area contributed by atoms with Gasteiger partial charge in [0.1, 0.15) is 0 Å². The van der Waals surface area contributed by atoms with Gasteiger partial charge in [-0.25, -0.2) is 4.98 Å². The highest BCUT2D eigenvalue weighted by Gasteiger charge is 2.22. The Balaban J connectivity index is 1.63. The summed E-state index contributed by atoms with van der Waals surface area (Å²) in [6, 6.07) is 9.92. The highest BCUT2D eigenvalue weighted by molar-refractivity contribution is 7.13. The van der Waals surface area contributed by atoms with Gasteiger partial charge >= 0.3 is 0 Å². The number of nitrogens with zero attached hydrogens (tertiary/aromatic N) is 2. The van der Waals surface area contributed by atoms with Gasteiger partial charge in [0.25, 0.3) is 5.56 Å². The molecule has 0 saturated carbocycles. The minimum absolute atomic E-state index is 0.0121. The lowest BCUT2D eigenvalue weighted by Crippen LogP contribution is -2.35. The number of H-pyrrole nitrogens is 1. The van der Waals surface area contributed by atoms with Crippen molar-refractivity contribution >= 4 is 22.9 Å². The molecule has 0 saturated heterocycles. The molecule has 1 N–H and O–H groups in total. The molecule has 3 aromatic rings. The lowest BCUT2D eigenvalue weighted by Gasteiger charge is -2.28. The van der Waals surface area contributed by atoms with Gasteiger partial charge in [0.05, 0.1) is 10.6 Å². The van der Waals surface area contributed by atoms with Crippen LogP contribution in [-0.4, -0.2) is 21.4 Å². The molecule has 4 rings (SSSR count). The lowest BCUT2D eigenvalue weighted by molar-refractivity contribution is 0.240. The maximum atomic E-state index is 12.4. The van der Waals surface area contributed by atoms with Crippen molar-refractivity contribution in [1.29, 1.82) is 0 Å². The molecule has 0 amide bonds. The van der Waals surface area contributed by atoms with Crippen LogP contribution in [0.15, 0.2) is 40.5 Å². The van der Waals surface area contributed by atoms with Gasteiger partial charge in [-0.05, 0) is 42.0 Å². The van der Waals surface area contributed by atoms with Gasteiger partial charge < -0.3 is 4.98 Å². The molecule has 0 aliphatic carbocycles. The molecule has 1 aromatic carbocycles. The van der Waals surface area contributed by atoms with Gasteiger partial charge in [0.15, 0.2) is 5.82 Å². The zero-order valence-corrected chi connectivity index (χ0v) is 15.5. The van der Waals surface area contributed by atoms with E-state index in [4.69, 9.17) is 16.6 Å². The van der Waals surface area contributed by atoms with Crippen molar-refractivity contribution in [1.82, 2.24) is 14.9 Å². The van der Waals surface area contributed by atoms with Crippen molar-refractivity contribution in [3.8, 4) is 10.7 Å². The minimum Gasteiger partial charge on any atom is -0.306 e. The van der Waals surface area contributed by atoms with Gasteiger partial charge in [0, 0.05) is 30.2 Å². The Hall–Kier alpha value is -1.95. The van der Waals surface area contributed by atoms with E-state index >= 15 is 0 Å². The van der Waals surface area contributed by atoms with Crippen LogP contribution in [0, 0.1) is 6.92 Å². The minimum atomic E-state index is -0.0121. The number of nitrogens with one attached hydrogen (secondary N) is 1. The molecule has 25 heavy (non-hydrogen) atoms. The Labute approximate surface area is 155 Å². The van der Waals surface area contributed by atoms with Crippen LogP contribution in [0.1, 0.15) is 22.4 Å². The molecule has 3 heterocycles. The standard InChI is InChI=1S/C19H18ClN3OS/c1-12-4-2-5-15(20)14(12)10-23-8-7-13-16(11-23)21-18(22-19(13)24)17-6-3-9-25-17/h2-6,9H,7-8,10-11H2,1H3,(H,21,22,24). The molecule has 0 atom stereocenters. The lowest BCUT2D eigenvalue weighted by atomic mass is 10.0. The van der Waals surface area contributed by atoms with Crippen LogP contribution in [0.2, 0.25) is 5.02 Å². The van der Waals surface area contributed by atoms with Crippen LogP contribution in [0.3, 0.4) is 0 Å². The second kappa shape index (κ2) is 6.75.